The van der Waals surface area contributed by atoms with Crippen molar-refractivity contribution >= 4 is 0 Å². The van der Waals surface area contributed by atoms with Gasteiger partial charge in [-0.05, 0) is 18.9 Å². The Morgan fingerprint density at radius 1 is 1.50 bits per heavy atom. The van der Waals surface area contributed by atoms with Crippen LogP contribution in [0.5, 0.6) is 0 Å². The first-order valence-corrected chi connectivity index (χ1v) is 4.12. The average Bonchev–Trinajstić information content (AvgIpc) is 2.40. The van der Waals surface area contributed by atoms with E-state index in [1.54, 1.807) is 0 Å². The topological polar surface area (TPSA) is 12.0 Å². The summed E-state index contributed by atoms with van der Waals surface area (Å²) in [5.74, 6) is 0.677. The molecule has 0 amide bonds. The van der Waals surface area contributed by atoms with Gasteiger partial charge in [-0.1, -0.05) is 20.8 Å². The van der Waals surface area contributed by atoms with Crippen molar-refractivity contribution in [3.63, 3.8) is 0 Å². The lowest BCUT2D eigenvalue weighted by molar-refractivity contribution is 0.401. The summed E-state index contributed by atoms with van der Waals surface area (Å²) in [4.78, 5) is 0. The minimum absolute atomic E-state index is 0.157. The molecule has 0 aliphatic carbocycles. The normalized spacial score (nSPS) is 31.2. The Balaban J connectivity index is 0.000000371. The van der Waals surface area contributed by atoms with E-state index >= 15 is 0 Å². The van der Waals surface area contributed by atoms with E-state index in [1.165, 1.54) is 0 Å². The van der Waals surface area contributed by atoms with Crippen molar-refractivity contribution in [2.45, 2.75) is 33.2 Å². The highest BCUT2D eigenvalue weighted by Crippen LogP contribution is 2.12. The molecule has 0 aromatic heterocycles. The SMILES string of the molecule is CC.C[C@H]1CN[C@H](CF)C1. The first-order valence-electron chi connectivity index (χ1n) is 4.12. The van der Waals surface area contributed by atoms with Crippen molar-refractivity contribution in [3.05, 3.63) is 0 Å². The first kappa shape index (κ1) is 9.89. The third kappa shape index (κ3) is 3.16. The van der Waals surface area contributed by atoms with Crippen LogP contribution >= 0.6 is 0 Å². The van der Waals surface area contributed by atoms with Crippen LogP contribution in [0.25, 0.3) is 0 Å². The molecule has 1 heterocycles. The highest BCUT2D eigenvalue weighted by molar-refractivity contribution is 4.77. The van der Waals surface area contributed by atoms with Crippen molar-refractivity contribution in [2.75, 3.05) is 13.2 Å². The van der Waals surface area contributed by atoms with E-state index in [9.17, 15) is 4.39 Å². The molecule has 0 aromatic carbocycles. The second-order valence-electron chi connectivity index (χ2n) is 2.60. The van der Waals surface area contributed by atoms with E-state index in [1.807, 2.05) is 13.8 Å². The molecule has 1 aliphatic rings. The van der Waals surface area contributed by atoms with Crippen molar-refractivity contribution in [2.24, 2.45) is 5.92 Å². The van der Waals surface area contributed by atoms with Gasteiger partial charge in [-0.25, -0.2) is 4.39 Å². The molecule has 0 aromatic rings. The summed E-state index contributed by atoms with van der Waals surface area (Å²) in [5, 5.41) is 3.08. The molecule has 0 radical (unpaired) electrons. The fraction of sp³-hybridized carbons (Fsp3) is 1.00. The number of nitrogens with one attached hydrogen (secondary N) is 1. The van der Waals surface area contributed by atoms with Gasteiger partial charge in [-0.2, -0.15) is 0 Å². The maximum atomic E-state index is 11.8. The van der Waals surface area contributed by atoms with Crippen LogP contribution in [-0.4, -0.2) is 19.3 Å². The molecule has 0 saturated carbocycles. The molecule has 2 heteroatoms. The van der Waals surface area contributed by atoms with Crippen LogP contribution in [0, 0.1) is 5.92 Å². The molecule has 1 saturated heterocycles. The Bertz CT molecular complexity index is 75.7. The summed E-state index contributed by atoms with van der Waals surface area (Å²) >= 11 is 0. The third-order valence-corrected chi connectivity index (χ3v) is 1.63. The highest BCUT2D eigenvalue weighted by atomic mass is 19.1. The van der Waals surface area contributed by atoms with Crippen LogP contribution in [0.4, 0.5) is 4.39 Å². The van der Waals surface area contributed by atoms with Gasteiger partial charge >= 0.3 is 0 Å². The zero-order valence-electron chi connectivity index (χ0n) is 7.15. The van der Waals surface area contributed by atoms with Crippen molar-refractivity contribution in [1.82, 2.24) is 5.32 Å². The van der Waals surface area contributed by atoms with E-state index in [0.29, 0.717) is 5.92 Å². The molecule has 1 nitrogen and oxygen atoms in total. The van der Waals surface area contributed by atoms with Gasteiger partial charge in [-0.15, -0.1) is 0 Å². The van der Waals surface area contributed by atoms with Crippen molar-refractivity contribution < 1.29 is 4.39 Å². The van der Waals surface area contributed by atoms with Crippen LogP contribution in [0.1, 0.15) is 27.2 Å². The molecule has 1 rings (SSSR count). The predicted octanol–water partition coefficient (Wildman–Crippen LogP) is 1.98. The van der Waals surface area contributed by atoms with Crippen LogP contribution in [0.3, 0.4) is 0 Å². The molecule has 0 spiro atoms. The maximum Gasteiger partial charge on any atom is 0.105 e. The summed E-state index contributed by atoms with van der Waals surface area (Å²) in [5.41, 5.74) is 0. The van der Waals surface area contributed by atoms with Gasteiger partial charge < -0.3 is 5.32 Å². The number of rotatable bonds is 1. The molecule has 2 atom stereocenters. The summed E-state index contributed by atoms with van der Waals surface area (Å²) in [7, 11) is 0. The van der Waals surface area contributed by atoms with Gasteiger partial charge in [0.2, 0.25) is 0 Å². The molecular formula is C8H18FN. The van der Waals surface area contributed by atoms with E-state index in [-0.39, 0.29) is 12.7 Å². The largest absolute Gasteiger partial charge is 0.311 e. The van der Waals surface area contributed by atoms with Crippen molar-refractivity contribution in [3.8, 4) is 0 Å². The lowest BCUT2D eigenvalue weighted by Gasteiger charge is -2.00. The van der Waals surface area contributed by atoms with Gasteiger partial charge in [0.15, 0.2) is 0 Å². The summed E-state index contributed by atoms with van der Waals surface area (Å²) in [6.45, 7) is 6.93. The molecule has 1 aliphatic heterocycles. The zero-order chi connectivity index (χ0) is 7.98. The second kappa shape index (κ2) is 5.66. The summed E-state index contributed by atoms with van der Waals surface area (Å²) in [6.07, 6.45) is 1.01. The fourth-order valence-corrected chi connectivity index (χ4v) is 1.14. The Morgan fingerprint density at radius 3 is 2.30 bits per heavy atom. The predicted molar refractivity (Wildman–Crippen MR) is 42.9 cm³/mol. The molecular weight excluding hydrogens is 129 g/mol. The van der Waals surface area contributed by atoms with Gasteiger partial charge in [0.1, 0.15) is 6.67 Å². The molecule has 10 heavy (non-hydrogen) atoms. The smallest absolute Gasteiger partial charge is 0.105 e. The highest BCUT2D eigenvalue weighted by Gasteiger charge is 2.19. The van der Waals surface area contributed by atoms with Crippen LogP contribution < -0.4 is 5.32 Å². The van der Waals surface area contributed by atoms with E-state index < -0.39 is 0 Å². The standard InChI is InChI=1S/C6H12FN.C2H6/c1-5-2-6(3-7)8-4-5;1-2/h5-6,8H,2-4H2,1H3;1-2H3/t5-,6+;/m1./s1. The first-order chi connectivity index (χ1) is 4.83. The van der Waals surface area contributed by atoms with E-state index in [4.69, 9.17) is 0 Å². The summed E-state index contributed by atoms with van der Waals surface area (Å²) in [6, 6.07) is 0.157. The van der Waals surface area contributed by atoms with Crippen LogP contribution in [0.15, 0.2) is 0 Å². The zero-order valence-corrected chi connectivity index (χ0v) is 7.15. The average molecular weight is 147 g/mol. The van der Waals surface area contributed by atoms with Gasteiger partial charge in [0.25, 0.3) is 0 Å². The van der Waals surface area contributed by atoms with E-state index in [0.717, 1.165) is 13.0 Å². The fourth-order valence-electron chi connectivity index (χ4n) is 1.14. The molecule has 0 bridgehead atoms. The van der Waals surface area contributed by atoms with Gasteiger partial charge in [0, 0.05) is 6.04 Å². The maximum absolute atomic E-state index is 11.8. The molecule has 1 fully saturated rings. The summed E-state index contributed by atoms with van der Waals surface area (Å²) < 4.78 is 11.8. The molecule has 1 N–H and O–H groups in total. The lowest BCUT2D eigenvalue weighted by Crippen LogP contribution is -2.22. The quantitative estimate of drug-likeness (QED) is 0.598. The van der Waals surface area contributed by atoms with Crippen molar-refractivity contribution in [1.29, 1.82) is 0 Å². The Kier molecular flexibility index (Phi) is 5.60. The van der Waals surface area contributed by atoms with Gasteiger partial charge in [0.05, 0.1) is 0 Å². The minimum Gasteiger partial charge on any atom is -0.311 e. The Hall–Kier alpha value is -0.110. The monoisotopic (exact) mass is 147 g/mol. The van der Waals surface area contributed by atoms with Gasteiger partial charge in [-0.3, -0.25) is 0 Å². The second-order valence-corrected chi connectivity index (χ2v) is 2.60. The lowest BCUT2D eigenvalue weighted by atomic mass is 10.1. The molecule has 62 valence electrons. The number of halogens is 1. The Morgan fingerprint density at radius 2 is 2.10 bits per heavy atom. The van der Waals surface area contributed by atoms with Crippen LogP contribution in [-0.2, 0) is 0 Å². The number of alkyl halides is 1. The third-order valence-electron chi connectivity index (χ3n) is 1.63. The Labute approximate surface area is 63.0 Å². The number of hydrogen-bond acceptors (Lipinski definition) is 1. The molecule has 0 unspecified atom stereocenters. The number of hydrogen-bond donors (Lipinski definition) is 1. The van der Waals surface area contributed by atoms with Crippen LogP contribution in [0.2, 0.25) is 0 Å². The minimum atomic E-state index is -0.204. The van der Waals surface area contributed by atoms with E-state index in [2.05, 4.69) is 12.2 Å².